The second kappa shape index (κ2) is 7.08. The molecule has 0 saturated carbocycles. The van der Waals surface area contributed by atoms with Crippen LogP contribution in [0.2, 0.25) is 0 Å². The van der Waals surface area contributed by atoms with Gasteiger partial charge in [0.1, 0.15) is 12.1 Å². The summed E-state index contributed by atoms with van der Waals surface area (Å²) in [6.45, 7) is 0.599. The topological polar surface area (TPSA) is 76.4 Å². The first-order chi connectivity index (χ1) is 8.72. The minimum Gasteiger partial charge on any atom is -0.438 e. The number of nitrogens with one attached hydrogen (secondary N) is 2. The number of amides is 1. The van der Waals surface area contributed by atoms with Gasteiger partial charge in [-0.3, -0.25) is 4.79 Å². The first kappa shape index (κ1) is 15.4. The molecule has 0 bridgehead atoms. The van der Waals surface area contributed by atoms with E-state index in [1.165, 1.54) is 0 Å². The molecular formula is C12H16ClN3O3. The number of fused-ring (bicyclic) bond motifs is 1. The molecule has 2 rings (SSSR count). The van der Waals surface area contributed by atoms with E-state index in [2.05, 4.69) is 15.6 Å². The molecule has 2 aromatic rings. The van der Waals surface area contributed by atoms with E-state index in [0.29, 0.717) is 29.3 Å². The molecule has 0 unspecified atom stereocenters. The van der Waals surface area contributed by atoms with Gasteiger partial charge in [0.05, 0.1) is 6.54 Å². The van der Waals surface area contributed by atoms with Gasteiger partial charge in [-0.1, -0.05) is 0 Å². The standard InChI is InChI=1S/C12H15N3O3.ClH/c1-13-6-11(16)14-8-3-4-10-9(5-8)15-12(18-10)7-17-2;/h3-5,13H,6-7H2,1-2H3,(H,14,16);1H. The molecule has 0 spiro atoms. The van der Waals surface area contributed by atoms with E-state index >= 15 is 0 Å². The zero-order chi connectivity index (χ0) is 13.0. The summed E-state index contributed by atoms with van der Waals surface area (Å²) in [7, 11) is 3.30. The fraction of sp³-hybridized carbons (Fsp3) is 0.333. The lowest BCUT2D eigenvalue weighted by Crippen LogP contribution is -2.24. The summed E-state index contributed by atoms with van der Waals surface area (Å²) in [5, 5.41) is 5.54. The quantitative estimate of drug-likeness (QED) is 0.872. The molecule has 19 heavy (non-hydrogen) atoms. The first-order valence-electron chi connectivity index (χ1n) is 5.56. The first-order valence-corrected chi connectivity index (χ1v) is 5.56. The number of hydrogen-bond donors (Lipinski definition) is 2. The number of likely N-dealkylation sites (N-methyl/N-ethyl adjacent to an activating group) is 1. The van der Waals surface area contributed by atoms with Crippen molar-refractivity contribution >= 4 is 35.1 Å². The normalized spacial score (nSPS) is 10.2. The van der Waals surface area contributed by atoms with Gasteiger partial charge < -0.3 is 19.8 Å². The molecule has 0 saturated heterocycles. The highest BCUT2D eigenvalue weighted by molar-refractivity contribution is 5.94. The molecule has 0 aliphatic rings. The molecule has 0 fully saturated rings. The highest BCUT2D eigenvalue weighted by Gasteiger charge is 2.07. The third-order valence-corrected chi connectivity index (χ3v) is 2.32. The lowest BCUT2D eigenvalue weighted by Gasteiger charge is -2.03. The highest BCUT2D eigenvalue weighted by atomic mass is 35.5. The Labute approximate surface area is 116 Å². The Morgan fingerprint density at radius 2 is 2.26 bits per heavy atom. The summed E-state index contributed by atoms with van der Waals surface area (Å²) >= 11 is 0. The van der Waals surface area contributed by atoms with Gasteiger partial charge in [0.15, 0.2) is 5.58 Å². The second-order valence-corrected chi connectivity index (χ2v) is 3.80. The Morgan fingerprint density at radius 1 is 1.47 bits per heavy atom. The molecule has 0 aliphatic carbocycles. The van der Waals surface area contributed by atoms with E-state index in [-0.39, 0.29) is 24.9 Å². The number of anilines is 1. The van der Waals surface area contributed by atoms with Crippen LogP contribution in [0, 0.1) is 0 Å². The van der Waals surface area contributed by atoms with Crippen LogP contribution in [-0.4, -0.2) is 31.6 Å². The number of benzene rings is 1. The zero-order valence-corrected chi connectivity index (χ0v) is 11.5. The fourth-order valence-corrected chi connectivity index (χ4v) is 1.60. The van der Waals surface area contributed by atoms with Crippen LogP contribution in [0.4, 0.5) is 5.69 Å². The van der Waals surface area contributed by atoms with Gasteiger partial charge in [0.25, 0.3) is 0 Å². The molecule has 0 atom stereocenters. The summed E-state index contributed by atoms with van der Waals surface area (Å²) in [6, 6.07) is 5.32. The van der Waals surface area contributed by atoms with Gasteiger partial charge >= 0.3 is 0 Å². The second-order valence-electron chi connectivity index (χ2n) is 3.80. The Bertz CT molecular complexity index is 556. The maximum absolute atomic E-state index is 11.4. The molecule has 104 valence electrons. The molecule has 1 aromatic heterocycles. The molecule has 6 nitrogen and oxygen atoms in total. The number of halogens is 1. The van der Waals surface area contributed by atoms with Crippen LogP contribution < -0.4 is 10.6 Å². The molecule has 1 amide bonds. The average molecular weight is 286 g/mol. The molecule has 0 radical (unpaired) electrons. The van der Waals surface area contributed by atoms with Crippen LogP contribution in [0.1, 0.15) is 5.89 Å². The number of nitrogens with zero attached hydrogens (tertiary/aromatic N) is 1. The van der Waals surface area contributed by atoms with Gasteiger partial charge in [0, 0.05) is 12.8 Å². The minimum absolute atomic E-state index is 0. The van der Waals surface area contributed by atoms with Gasteiger partial charge in [-0.15, -0.1) is 12.4 Å². The van der Waals surface area contributed by atoms with Crippen LogP contribution in [0.5, 0.6) is 0 Å². The van der Waals surface area contributed by atoms with Crippen LogP contribution in [0.25, 0.3) is 11.1 Å². The molecule has 2 N–H and O–H groups in total. The Balaban J connectivity index is 0.00000180. The third-order valence-electron chi connectivity index (χ3n) is 2.32. The van der Waals surface area contributed by atoms with Gasteiger partial charge in [-0.25, -0.2) is 4.98 Å². The van der Waals surface area contributed by atoms with Gasteiger partial charge in [-0.2, -0.15) is 0 Å². The Kier molecular flexibility index (Phi) is 5.75. The van der Waals surface area contributed by atoms with Crippen molar-refractivity contribution in [3.05, 3.63) is 24.1 Å². The van der Waals surface area contributed by atoms with E-state index in [1.54, 1.807) is 32.4 Å². The summed E-state index contributed by atoms with van der Waals surface area (Å²) < 4.78 is 10.4. The smallest absolute Gasteiger partial charge is 0.238 e. The lowest BCUT2D eigenvalue weighted by molar-refractivity contribution is -0.115. The molecule has 7 heteroatoms. The van der Waals surface area contributed by atoms with Gasteiger partial charge in [-0.05, 0) is 25.2 Å². The van der Waals surface area contributed by atoms with Crippen molar-refractivity contribution in [2.75, 3.05) is 26.0 Å². The minimum atomic E-state index is -0.0996. The zero-order valence-electron chi connectivity index (χ0n) is 10.7. The Hall–Kier alpha value is -1.63. The van der Waals surface area contributed by atoms with Gasteiger partial charge in [0.2, 0.25) is 11.8 Å². The number of rotatable bonds is 5. The van der Waals surface area contributed by atoms with Crippen molar-refractivity contribution in [1.82, 2.24) is 10.3 Å². The van der Waals surface area contributed by atoms with E-state index < -0.39 is 0 Å². The Morgan fingerprint density at radius 3 is 2.95 bits per heavy atom. The molecular weight excluding hydrogens is 270 g/mol. The number of carbonyl (C=O) groups is 1. The van der Waals surface area contributed by atoms with E-state index in [9.17, 15) is 4.79 Å². The monoisotopic (exact) mass is 285 g/mol. The van der Waals surface area contributed by atoms with Crippen molar-refractivity contribution in [2.45, 2.75) is 6.61 Å². The maximum atomic E-state index is 11.4. The molecule has 1 aromatic carbocycles. The molecule has 1 heterocycles. The van der Waals surface area contributed by atoms with Crippen molar-refractivity contribution in [2.24, 2.45) is 0 Å². The van der Waals surface area contributed by atoms with E-state index in [4.69, 9.17) is 9.15 Å². The lowest BCUT2D eigenvalue weighted by atomic mass is 10.3. The van der Waals surface area contributed by atoms with Crippen molar-refractivity contribution in [3.63, 3.8) is 0 Å². The predicted octanol–water partition coefficient (Wildman–Crippen LogP) is 1.55. The predicted molar refractivity (Wildman–Crippen MR) is 74.5 cm³/mol. The number of ether oxygens (including phenoxy) is 1. The van der Waals surface area contributed by atoms with Crippen LogP contribution in [-0.2, 0) is 16.1 Å². The molecule has 0 aliphatic heterocycles. The van der Waals surface area contributed by atoms with Crippen molar-refractivity contribution in [1.29, 1.82) is 0 Å². The highest BCUT2D eigenvalue weighted by Crippen LogP contribution is 2.20. The largest absolute Gasteiger partial charge is 0.438 e. The van der Waals surface area contributed by atoms with Crippen LogP contribution in [0.15, 0.2) is 22.6 Å². The van der Waals surface area contributed by atoms with E-state index in [1.807, 2.05) is 0 Å². The number of methoxy groups -OCH3 is 1. The number of carbonyl (C=O) groups excluding carboxylic acids is 1. The number of hydrogen-bond acceptors (Lipinski definition) is 5. The summed E-state index contributed by atoms with van der Waals surface area (Å²) in [5.41, 5.74) is 2.07. The summed E-state index contributed by atoms with van der Waals surface area (Å²) in [6.07, 6.45) is 0. The van der Waals surface area contributed by atoms with Crippen molar-refractivity contribution in [3.8, 4) is 0 Å². The van der Waals surface area contributed by atoms with Crippen molar-refractivity contribution < 1.29 is 13.9 Å². The number of aromatic nitrogens is 1. The van der Waals surface area contributed by atoms with Crippen LogP contribution in [0.3, 0.4) is 0 Å². The third kappa shape index (κ3) is 3.92. The maximum Gasteiger partial charge on any atom is 0.238 e. The summed E-state index contributed by atoms with van der Waals surface area (Å²) in [4.78, 5) is 15.7. The SMILES string of the molecule is CNCC(=O)Nc1ccc2oc(COC)nc2c1.Cl. The van der Waals surface area contributed by atoms with E-state index in [0.717, 1.165) is 0 Å². The fourth-order valence-electron chi connectivity index (χ4n) is 1.60. The average Bonchev–Trinajstić information content (AvgIpc) is 2.71. The summed E-state index contributed by atoms with van der Waals surface area (Å²) in [5.74, 6) is 0.420. The van der Waals surface area contributed by atoms with Crippen LogP contribution >= 0.6 is 12.4 Å². The number of oxazole rings is 1.